The van der Waals surface area contributed by atoms with Crippen molar-refractivity contribution in [2.45, 2.75) is 6.18 Å². The summed E-state index contributed by atoms with van der Waals surface area (Å²) < 4.78 is 40.6. The van der Waals surface area contributed by atoms with Gasteiger partial charge in [0.1, 0.15) is 24.3 Å². The Kier molecular flexibility index (Phi) is 3.73. The van der Waals surface area contributed by atoms with Crippen LogP contribution >= 0.6 is 0 Å². The van der Waals surface area contributed by atoms with Gasteiger partial charge in [-0.2, -0.15) is 34.2 Å². The molecule has 0 atom stereocenters. The van der Waals surface area contributed by atoms with Crippen molar-refractivity contribution in [3.8, 4) is 24.3 Å². The Morgan fingerprint density at radius 1 is 0.654 bits per heavy atom. The lowest BCUT2D eigenvalue weighted by atomic mass is 9.87. The van der Waals surface area contributed by atoms with Crippen LogP contribution in [0.3, 0.4) is 0 Å². The molecule has 0 bridgehead atoms. The molecule has 0 fully saturated rings. The number of benzene rings is 3. The van der Waals surface area contributed by atoms with Crippen molar-refractivity contribution < 1.29 is 13.2 Å². The van der Waals surface area contributed by atoms with E-state index in [0.29, 0.717) is 0 Å². The molecule has 0 N–H and O–H groups in total. The highest BCUT2D eigenvalue weighted by atomic mass is 19.4. The van der Waals surface area contributed by atoms with Crippen LogP contribution in [0.5, 0.6) is 0 Å². The van der Waals surface area contributed by atoms with Crippen molar-refractivity contribution in [3.63, 3.8) is 0 Å². The third-order valence-electron chi connectivity index (χ3n) is 4.07. The summed E-state index contributed by atoms with van der Waals surface area (Å²) in [5, 5.41) is 37.4. The van der Waals surface area contributed by atoms with Gasteiger partial charge in [0, 0.05) is 16.2 Å². The van der Waals surface area contributed by atoms with Crippen molar-refractivity contribution in [1.82, 2.24) is 0 Å². The molecule has 3 aromatic rings. The zero-order chi connectivity index (χ0) is 19.1. The van der Waals surface area contributed by atoms with Crippen LogP contribution in [0.1, 0.15) is 27.8 Å². The highest BCUT2D eigenvalue weighted by molar-refractivity contribution is 6.14. The molecule has 0 saturated heterocycles. The Hall–Kier alpha value is -4.07. The number of hydrogen-bond acceptors (Lipinski definition) is 4. The first-order valence-corrected chi connectivity index (χ1v) is 7.12. The van der Waals surface area contributed by atoms with E-state index in [4.69, 9.17) is 0 Å². The molecule has 7 heteroatoms. The summed E-state index contributed by atoms with van der Waals surface area (Å²) in [6, 6.07) is 13.2. The molecular formula is C19H5F3N4. The predicted octanol–water partition coefficient (Wildman–Crippen LogP) is 4.50. The Balaban J connectivity index is 2.80. The second-order valence-electron chi connectivity index (χ2n) is 5.34. The molecule has 0 aliphatic heterocycles. The van der Waals surface area contributed by atoms with Gasteiger partial charge in [-0.15, -0.1) is 0 Å². The van der Waals surface area contributed by atoms with Crippen molar-refractivity contribution >= 4 is 21.5 Å². The van der Waals surface area contributed by atoms with Gasteiger partial charge in [-0.1, -0.05) is 24.3 Å². The van der Waals surface area contributed by atoms with Crippen LogP contribution in [-0.4, -0.2) is 0 Å². The summed E-state index contributed by atoms with van der Waals surface area (Å²) >= 11 is 0. The number of fused-ring (bicyclic) bond motifs is 3. The Morgan fingerprint density at radius 3 is 1.77 bits per heavy atom. The molecule has 0 aliphatic rings. The van der Waals surface area contributed by atoms with E-state index in [1.807, 2.05) is 0 Å². The van der Waals surface area contributed by atoms with Crippen LogP contribution in [0.15, 0.2) is 30.3 Å². The second-order valence-corrected chi connectivity index (χ2v) is 5.34. The van der Waals surface area contributed by atoms with Crippen LogP contribution in [-0.2, 0) is 6.18 Å². The quantitative estimate of drug-likeness (QED) is 0.560. The maximum Gasteiger partial charge on any atom is 0.417 e. The maximum absolute atomic E-state index is 13.5. The van der Waals surface area contributed by atoms with Crippen LogP contribution in [0.4, 0.5) is 13.2 Å². The van der Waals surface area contributed by atoms with Gasteiger partial charge < -0.3 is 0 Å². The van der Waals surface area contributed by atoms with Crippen LogP contribution in [0, 0.1) is 45.3 Å². The number of nitrogens with zero attached hydrogens (tertiary/aromatic N) is 4. The molecule has 122 valence electrons. The lowest BCUT2D eigenvalue weighted by Gasteiger charge is -2.15. The molecule has 0 amide bonds. The average molecular weight is 346 g/mol. The molecule has 4 nitrogen and oxygen atoms in total. The summed E-state index contributed by atoms with van der Waals surface area (Å²) in [4.78, 5) is 0. The summed E-state index contributed by atoms with van der Waals surface area (Å²) in [6.07, 6.45) is -4.70. The average Bonchev–Trinajstić information content (AvgIpc) is 2.63. The minimum Gasteiger partial charge on any atom is -0.192 e. The van der Waals surface area contributed by atoms with Crippen LogP contribution in [0.2, 0.25) is 0 Å². The van der Waals surface area contributed by atoms with Gasteiger partial charge in [-0.05, 0) is 11.5 Å². The van der Waals surface area contributed by atoms with E-state index in [0.717, 1.165) is 6.07 Å². The topological polar surface area (TPSA) is 95.2 Å². The van der Waals surface area contributed by atoms with Crippen molar-refractivity contribution in [2.75, 3.05) is 0 Å². The van der Waals surface area contributed by atoms with E-state index < -0.39 is 17.3 Å². The molecule has 0 saturated carbocycles. The zero-order valence-electron chi connectivity index (χ0n) is 12.8. The summed E-state index contributed by atoms with van der Waals surface area (Å²) in [7, 11) is 0. The molecule has 0 aromatic heterocycles. The van der Waals surface area contributed by atoms with E-state index in [9.17, 15) is 34.2 Å². The second kappa shape index (κ2) is 5.78. The van der Waals surface area contributed by atoms with E-state index in [-0.39, 0.29) is 38.2 Å². The highest BCUT2D eigenvalue weighted by Gasteiger charge is 2.34. The molecular weight excluding hydrogens is 341 g/mol. The van der Waals surface area contributed by atoms with E-state index in [1.54, 1.807) is 24.3 Å². The Bertz CT molecular complexity index is 1260. The first-order chi connectivity index (χ1) is 12.4. The highest BCUT2D eigenvalue weighted by Crippen LogP contribution is 2.41. The molecule has 0 unspecified atom stereocenters. The maximum atomic E-state index is 13.5. The van der Waals surface area contributed by atoms with Crippen molar-refractivity contribution in [3.05, 3.63) is 58.1 Å². The third kappa shape index (κ3) is 2.20. The largest absolute Gasteiger partial charge is 0.417 e. The SMILES string of the molecule is N#Cc1c(C#N)c(C#N)c2c(ccc3cccc(C(F)(F)F)c32)c1C#N. The van der Waals surface area contributed by atoms with Gasteiger partial charge in [0.05, 0.1) is 27.8 Å². The number of alkyl halides is 3. The zero-order valence-corrected chi connectivity index (χ0v) is 12.8. The van der Waals surface area contributed by atoms with Gasteiger partial charge in [0.25, 0.3) is 0 Å². The predicted molar refractivity (Wildman–Crippen MR) is 85.3 cm³/mol. The van der Waals surface area contributed by atoms with Gasteiger partial charge in [0.15, 0.2) is 0 Å². The molecule has 0 spiro atoms. The third-order valence-corrected chi connectivity index (χ3v) is 4.07. The lowest BCUT2D eigenvalue weighted by molar-refractivity contribution is -0.136. The molecule has 0 radical (unpaired) electrons. The van der Waals surface area contributed by atoms with E-state index in [2.05, 4.69) is 0 Å². The van der Waals surface area contributed by atoms with Gasteiger partial charge >= 0.3 is 6.18 Å². The van der Waals surface area contributed by atoms with Crippen LogP contribution in [0.25, 0.3) is 21.5 Å². The monoisotopic (exact) mass is 346 g/mol. The number of hydrogen-bond donors (Lipinski definition) is 0. The minimum absolute atomic E-state index is 0.0313. The molecule has 3 rings (SSSR count). The Morgan fingerprint density at radius 2 is 1.23 bits per heavy atom. The van der Waals surface area contributed by atoms with Crippen molar-refractivity contribution in [2.24, 2.45) is 0 Å². The first-order valence-electron chi connectivity index (χ1n) is 7.12. The summed E-state index contributed by atoms with van der Waals surface area (Å²) in [5.74, 6) is 0. The fourth-order valence-electron chi connectivity index (χ4n) is 3.04. The Labute approximate surface area is 145 Å². The van der Waals surface area contributed by atoms with E-state index >= 15 is 0 Å². The van der Waals surface area contributed by atoms with Gasteiger partial charge in [-0.3, -0.25) is 0 Å². The molecule has 26 heavy (non-hydrogen) atoms. The molecule has 0 aliphatic carbocycles. The molecule has 0 heterocycles. The van der Waals surface area contributed by atoms with Gasteiger partial charge in [0.2, 0.25) is 0 Å². The number of halogens is 3. The fourth-order valence-corrected chi connectivity index (χ4v) is 3.04. The smallest absolute Gasteiger partial charge is 0.192 e. The first kappa shape index (κ1) is 16.8. The standard InChI is InChI=1S/C19H5F3N4/c20-19(21,22)16-3-1-2-10-4-5-11-12(6-23)13(7-24)14(8-25)15(9-26)18(11)17(10)16/h1-5H. The molecule has 3 aromatic carbocycles. The fraction of sp³-hybridized carbons (Fsp3) is 0.0526. The lowest BCUT2D eigenvalue weighted by Crippen LogP contribution is -2.07. The van der Waals surface area contributed by atoms with E-state index in [1.165, 1.54) is 24.3 Å². The number of nitriles is 4. The minimum atomic E-state index is -4.70. The summed E-state index contributed by atoms with van der Waals surface area (Å²) in [5.41, 5.74) is -2.27. The van der Waals surface area contributed by atoms with Crippen LogP contribution < -0.4 is 0 Å². The van der Waals surface area contributed by atoms with Gasteiger partial charge in [-0.25, -0.2) is 0 Å². The normalized spacial score (nSPS) is 10.7. The van der Waals surface area contributed by atoms with Crippen molar-refractivity contribution in [1.29, 1.82) is 21.0 Å². The number of rotatable bonds is 0. The summed E-state index contributed by atoms with van der Waals surface area (Å²) in [6.45, 7) is 0.